The molecule has 0 aliphatic heterocycles. The fraction of sp³-hybridized carbons (Fsp3) is 0.278. The van der Waals surface area contributed by atoms with Crippen LogP contribution >= 0.6 is 0 Å². The summed E-state index contributed by atoms with van der Waals surface area (Å²) in [6.07, 6.45) is -0.404. The maximum absolute atomic E-state index is 12.6. The summed E-state index contributed by atoms with van der Waals surface area (Å²) < 4.78 is 5.51. The summed E-state index contributed by atoms with van der Waals surface area (Å²) in [5, 5.41) is 0. The van der Waals surface area contributed by atoms with Gasteiger partial charge in [-0.05, 0) is 62.7 Å². The van der Waals surface area contributed by atoms with Gasteiger partial charge < -0.3 is 16.2 Å². The van der Waals surface area contributed by atoms with Crippen LogP contribution in [0.5, 0.6) is 0 Å². The summed E-state index contributed by atoms with van der Waals surface area (Å²) in [7, 11) is 0. The van der Waals surface area contributed by atoms with Crippen LogP contribution in [0.4, 0.5) is 21.9 Å². The minimum atomic E-state index is -0.565. The van der Waals surface area contributed by atoms with E-state index in [2.05, 4.69) is 0 Å². The van der Waals surface area contributed by atoms with E-state index in [9.17, 15) is 4.79 Å². The summed E-state index contributed by atoms with van der Waals surface area (Å²) >= 11 is 0. The first kappa shape index (κ1) is 16.7. The molecule has 5 nitrogen and oxygen atoms in total. The van der Waals surface area contributed by atoms with Crippen LogP contribution in [-0.2, 0) is 11.3 Å². The van der Waals surface area contributed by atoms with E-state index in [1.807, 2.05) is 45.0 Å². The minimum Gasteiger partial charge on any atom is -0.443 e. The predicted molar refractivity (Wildman–Crippen MR) is 94.1 cm³/mol. The van der Waals surface area contributed by atoms with Crippen LogP contribution in [0.15, 0.2) is 48.5 Å². The molecule has 0 spiro atoms. The number of carbonyl (C=O) groups is 1. The lowest BCUT2D eigenvalue weighted by Crippen LogP contribution is -2.36. The van der Waals surface area contributed by atoms with E-state index in [4.69, 9.17) is 16.2 Å². The van der Waals surface area contributed by atoms with E-state index in [0.29, 0.717) is 17.9 Å². The van der Waals surface area contributed by atoms with Gasteiger partial charge in [0.1, 0.15) is 5.60 Å². The highest BCUT2D eigenvalue weighted by Crippen LogP contribution is 2.22. The molecule has 0 bridgehead atoms. The molecule has 0 atom stereocenters. The maximum atomic E-state index is 12.6. The van der Waals surface area contributed by atoms with Crippen molar-refractivity contribution >= 4 is 23.2 Å². The predicted octanol–water partition coefficient (Wildman–Crippen LogP) is 3.79. The monoisotopic (exact) mass is 313 g/mol. The Bertz CT molecular complexity index is 658. The zero-order valence-electron chi connectivity index (χ0n) is 13.7. The van der Waals surface area contributed by atoms with Gasteiger partial charge in [0.05, 0.1) is 6.54 Å². The molecule has 2 aromatic carbocycles. The van der Waals surface area contributed by atoms with Gasteiger partial charge in [-0.2, -0.15) is 0 Å². The van der Waals surface area contributed by atoms with Gasteiger partial charge in [-0.25, -0.2) is 4.79 Å². The molecule has 0 fully saturated rings. The van der Waals surface area contributed by atoms with Crippen molar-refractivity contribution in [2.75, 3.05) is 16.4 Å². The molecule has 0 aliphatic carbocycles. The molecule has 0 radical (unpaired) electrons. The topological polar surface area (TPSA) is 81.6 Å². The Morgan fingerprint density at radius 3 is 1.91 bits per heavy atom. The smallest absolute Gasteiger partial charge is 0.415 e. The second-order valence-electron chi connectivity index (χ2n) is 6.40. The lowest BCUT2D eigenvalue weighted by molar-refractivity contribution is 0.0577. The van der Waals surface area contributed by atoms with E-state index in [-0.39, 0.29) is 0 Å². The SMILES string of the molecule is CC(C)(C)OC(=O)N(Cc1ccc(N)cc1)c1ccc(N)cc1. The Morgan fingerprint density at radius 1 is 0.957 bits per heavy atom. The first-order valence-corrected chi connectivity index (χ1v) is 7.45. The van der Waals surface area contributed by atoms with E-state index < -0.39 is 11.7 Å². The third-order valence-corrected chi connectivity index (χ3v) is 3.14. The number of hydrogen-bond acceptors (Lipinski definition) is 4. The first-order chi connectivity index (χ1) is 10.7. The van der Waals surface area contributed by atoms with Crippen molar-refractivity contribution in [2.45, 2.75) is 32.9 Å². The van der Waals surface area contributed by atoms with Crippen LogP contribution in [0.3, 0.4) is 0 Å². The van der Waals surface area contributed by atoms with Gasteiger partial charge in [0.2, 0.25) is 0 Å². The second kappa shape index (κ2) is 6.60. The largest absolute Gasteiger partial charge is 0.443 e. The molecule has 0 heterocycles. The molecular formula is C18H23N3O2. The first-order valence-electron chi connectivity index (χ1n) is 7.45. The summed E-state index contributed by atoms with van der Waals surface area (Å²) in [4.78, 5) is 14.1. The minimum absolute atomic E-state index is 0.388. The molecule has 122 valence electrons. The Kier molecular flexibility index (Phi) is 4.79. The Balaban J connectivity index is 2.28. The third-order valence-electron chi connectivity index (χ3n) is 3.14. The fourth-order valence-corrected chi connectivity index (χ4v) is 2.04. The van der Waals surface area contributed by atoms with Crippen molar-refractivity contribution in [1.29, 1.82) is 0 Å². The number of benzene rings is 2. The molecule has 23 heavy (non-hydrogen) atoms. The molecule has 0 aliphatic rings. The number of carbonyl (C=O) groups excluding carboxylic acids is 1. The lowest BCUT2D eigenvalue weighted by Gasteiger charge is -2.27. The number of nitrogens with two attached hydrogens (primary N) is 2. The molecule has 0 saturated carbocycles. The van der Waals surface area contributed by atoms with Gasteiger partial charge in [-0.15, -0.1) is 0 Å². The van der Waals surface area contributed by atoms with Gasteiger partial charge in [-0.1, -0.05) is 12.1 Å². The quantitative estimate of drug-likeness (QED) is 0.845. The molecule has 1 amide bonds. The molecule has 2 rings (SSSR count). The van der Waals surface area contributed by atoms with Crippen LogP contribution in [0.1, 0.15) is 26.3 Å². The normalized spacial score (nSPS) is 11.1. The molecule has 2 aromatic rings. The molecule has 5 heteroatoms. The second-order valence-corrected chi connectivity index (χ2v) is 6.40. The number of rotatable bonds is 3. The Morgan fingerprint density at radius 2 is 1.43 bits per heavy atom. The van der Waals surface area contributed by atoms with E-state index in [0.717, 1.165) is 11.3 Å². The van der Waals surface area contributed by atoms with Crippen LogP contribution in [0.2, 0.25) is 0 Å². The van der Waals surface area contributed by atoms with Crippen molar-refractivity contribution in [3.05, 3.63) is 54.1 Å². The van der Waals surface area contributed by atoms with Crippen LogP contribution in [0, 0.1) is 0 Å². The van der Waals surface area contributed by atoms with Gasteiger partial charge in [-0.3, -0.25) is 4.90 Å². The highest BCUT2D eigenvalue weighted by atomic mass is 16.6. The number of hydrogen-bond donors (Lipinski definition) is 2. The molecule has 0 saturated heterocycles. The highest BCUT2D eigenvalue weighted by Gasteiger charge is 2.23. The number of anilines is 3. The lowest BCUT2D eigenvalue weighted by atomic mass is 10.1. The van der Waals surface area contributed by atoms with Crippen LogP contribution in [-0.4, -0.2) is 11.7 Å². The Labute approximate surface area is 136 Å². The molecule has 0 unspecified atom stereocenters. The van der Waals surface area contributed by atoms with Crippen molar-refractivity contribution in [3.63, 3.8) is 0 Å². The van der Waals surface area contributed by atoms with E-state index >= 15 is 0 Å². The molecular weight excluding hydrogens is 290 g/mol. The van der Waals surface area contributed by atoms with Gasteiger partial charge in [0.15, 0.2) is 0 Å². The molecule has 0 aromatic heterocycles. The highest BCUT2D eigenvalue weighted by molar-refractivity contribution is 5.88. The van der Waals surface area contributed by atoms with Crippen molar-refractivity contribution in [2.24, 2.45) is 0 Å². The zero-order valence-corrected chi connectivity index (χ0v) is 13.7. The van der Waals surface area contributed by atoms with Crippen molar-refractivity contribution < 1.29 is 9.53 Å². The standard InChI is InChI=1S/C18H23N3O2/c1-18(2,3)23-17(22)21(16-10-8-15(20)9-11-16)12-13-4-6-14(19)7-5-13/h4-11H,12,19-20H2,1-3H3. The summed E-state index contributed by atoms with van der Waals surface area (Å²) in [5.41, 5.74) is 13.9. The summed E-state index contributed by atoms with van der Waals surface area (Å²) in [5.74, 6) is 0. The maximum Gasteiger partial charge on any atom is 0.415 e. The average Bonchev–Trinajstić information content (AvgIpc) is 2.46. The van der Waals surface area contributed by atoms with Gasteiger partial charge in [0, 0.05) is 17.1 Å². The number of nitrogens with zero attached hydrogens (tertiary/aromatic N) is 1. The Hall–Kier alpha value is -2.69. The van der Waals surface area contributed by atoms with Crippen LogP contribution < -0.4 is 16.4 Å². The summed E-state index contributed by atoms with van der Waals surface area (Å²) in [6, 6.07) is 14.5. The van der Waals surface area contributed by atoms with Gasteiger partial charge >= 0.3 is 6.09 Å². The average molecular weight is 313 g/mol. The zero-order chi connectivity index (χ0) is 17.0. The van der Waals surface area contributed by atoms with E-state index in [1.54, 1.807) is 29.2 Å². The third kappa shape index (κ3) is 4.92. The van der Waals surface area contributed by atoms with Crippen LogP contribution in [0.25, 0.3) is 0 Å². The fourth-order valence-electron chi connectivity index (χ4n) is 2.04. The summed E-state index contributed by atoms with van der Waals surface area (Å²) in [6.45, 7) is 5.92. The molecule has 4 N–H and O–H groups in total. The van der Waals surface area contributed by atoms with Crippen molar-refractivity contribution in [1.82, 2.24) is 0 Å². The number of nitrogen functional groups attached to an aromatic ring is 2. The number of ether oxygens (including phenoxy) is 1. The van der Waals surface area contributed by atoms with E-state index in [1.165, 1.54) is 0 Å². The number of amides is 1. The van der Waals surface area contributed by atoms with Gasteiger partial charge in [0.25, 0.3) is 0 Å². The van der Waals surface area contributed by atoms with Crippen molar-refractivity contribution in [3.8, 4) is 0 Å².